The van der Waals surface area contributed by atoms with Crippen molar-refractivity contribution in [1.82, 2.24) is 0 Å². The molecule has 0 bridgehead atoms. The molecule has 1 nitrogen and oxygen atoms in total. The van der Waals surface area contributed by atoms with Gasteiger partial charge in [0.2, 0.25) is 0 Å². The minimum absolute atomic E-state index is 0.230. The van der Waals surface area contributed by atoms with E-state index in [1.54, 1.807) is 0 Å². The van der Waals surface area contributed by atoms with E-state index in [4.69, 9.17) is 66.9 Å². The molecule has 13 heavy (non-hydrogen) atoms. The summed E-state index contributed by atoms with van der Waals surface area (Å²) in [6, 6.07) is -1.31. The van der Waals surface area contributed by atoms with Crippen molar-refractivity contribution < 1.29 is 8.85 Å². The van der Waals surface area contributed by atoms with Crippen LogP contribution >= 0.6 is 58.0 Å². The Kier molecular flexibility index (Phi) is 2.57. The van der Waals surface area contributed by atoms with Crippen LogP contribution in [0.2, 0.25) is 10.0 Å². The Morgan fingerprint density at radius 2 is 1.85 bits per heavy atom. The summed E-state index contributed by atoms with van der Waals surface area (Å²) in [6.45, 7) is 0. The third-order valence-electron chi connectivity index (χ3n) is 0.958. The smallest absolute Gasteiger partial charge is 0.338 e. The van der Waals surface area contributed by atoms with Crippen LogP contribution in [0.1, 0.15) is 4.11 Å². The molecule has 0 aliphatic heterocycles. The Morgan fingerprint density at radius 3 is 2.38 bits per heavy atom. The number of halogens is 5. The molecule has 0 saturated heterocycles. The summed E-state index contributed by atoms with van der Waals surface area (Å²) in [4.78, 5) is 0. The summed E-state index contributed by atoms with van der Waals surface area (Å²) in [7, 11) is 0. The lowest BCUT2D eigenvalue weighted by atomic mass is 10.3. The summed E-state index contributed by atoms with van der Waals surface area (Å²) in [5, 5.41) is -0.467. The molecule has 1 rings (SSSR count). The van der Waals surface area contributed by atoms with Crippen molar-refractivity contribution in [2.45, 2.75) is 3.98 Å². The summed E-state index contributed by atoms with van der Waals surface area (Å²) in [5.74, 6) is -0.340. The Hall–Kier alpha value is 0.470. The van der Waals surface area contributed by atoms with Gasteiger partial charge < -0.3 is 4.74 Å². The second-order valence-corrected chi connectivity index (χ2v) is 4.81. The van der Waals surface area contributed by atoms with Crippen molar-refractivity contribution in [3.63, 3.8) is 0 Å². The first-order valence-electron chi connectivity index (χ1n) is 4.35. The summed E-state index contributed by atoms with van der Waals surface area (Å²) < 4.78 is 24.9. The minimum atomic E-state index is -2.13. The van der Waals surface area contributed by atoms with Crippen LogP contribution in [0.3, 0.4) is 0 Å². The minimum Gasteiger partial charge on any atom is -0.444 e. The SMILES string of the molecule is [2H]c1c([2H])c(Cl)c(Cl)c(OC(Cl)(Cl)Cl)c1[2H]. The van der Waals surface area contributed by atoms with Crippen LogP contribution in [-0.4, -0.2) is 3.98 Å². The van der Waals surface area contributed by atoms with Crippen molar-refractivity contribution >= 4 is 58.0 Å². The largest absolute Gasteiger partial charge is 0.444 e. The van der Waals surface area contributed by atoms with Gasteiger partial charge in [-0.05, 0) is 46.9 Å². The van der Waals surface area contributed by atoms with Gasteiger partial charge in [0, 0.05) is 0 Å². The van der Waals surface area contributed by atoms with Crippen LogP contribution in [0.15, 0.2) is 18.1 Å². The summed E-state index contributed by atoms with van der Waals surface area (Å²) in [5.41, 5.74) is 0. The van der Waals surface area contributed by atoms with Gasteiger partial charge in [0.15, 0.2) is 0 Å². The molecule has 0 fully saturated rings. The van der Waals surface area contributed by atoms with E-state index in [1.807, 2.05) is 0 Å². The molecule has 1 aromatic rings. The van der Waals surface area contributed by atoms with Gasteiger partial charge in [-0.3, -0.25) is 0 Å². The van der Waals surface area contributed by atoms with E-state index in [0.29, 0.717) is 0 Å². The maximum Gasteiger partial charge on any atom is 0.338 e. The van der Waals surface area contributed by atoms with Gasteiger partial charge in [-0.25, -0.2) is 0 Å². The highest BCUT2D eigenvalue weighted by Gasteiger charge is 2.23. The lowest BCUT2D eigenvalue weighted by Crippen LogP contribution is -2.12. The number of rotatable bonds is 1. The maximum absolute atomic E-state index is 7.50. The first-order valence-corrected chi connectivity index (χ1v) is 4.74. The van der Waals surface area contributed by atoms with Gasteiger partial charge in [-0.2, -0.15) is 0 Å². The molecule has 0 saturated carbocycles. The van der Waals surface area contributed by atoms with Gasteiger partial charge in [0.25, 0.3) is 0 Å². The molecule has 0 aliphatic carbocycles. The fourth-order valence-electron chi connectivity index (χ4n) is 0.538. The van der Waals surface area contributed by atoms with E-state index in [9.17, 15) is 0 Å². The predicted molar refractivity (Wildman–Crippen MR) is 57.4 cm³/mol. The van der Waals surface area contributed by atoms with Crippen LogP contribution in [-0.2, 0) is 0 Å². The fourth-order valence-corrected chi connectivity index (χ4v) is 1.04. The highest BCUT2D eigenvalue weighted by Crippen LogP contribution is 2.37. The van der Waals surface area contributed by atoms with E-state index in [1.165, 1.54) is 0 Å². The van der Waals surface area contributed by atoms with Crippen LogP contribution in [0.5, 0.6) is 5.75 Å². The van der Waals surface area contributed by atoms with Crippen molar-refractivity contribution in [2.75, 3.05) is 0 Å². The zero-order valence-electron chi connectivity index (χ0n) is 8.80. The van der Waals surface area contributed by atoms with Crippen LogP contribution < -0.4 is 4.74 Å². The van der Waals surface area contributed by atoms with Gasteiger partial charge in [-0.15, -0.1) is 0 Å². The third-order valence-corrected chi connectivity index (χ3v) is 1.93. The van der Waals surface area contributed by atoms with E-state index >= 15 is 0 Å². The van der Waals surface area contributed by atoms with Crippen LogP contribution in [0, 0.1) is 0 Å². The summed E-state index contributed by atoms with van der Waals surface area (Å²) >= 11 is 27.5. The first kappa shape index (κ1) is 7.72. The Balaban J connectivity index is 3.40. The Labute approximate surface area is 105 Å². The Bertz CT molecular complexity index is 402. The van der Waals surface area contributed by atoms with Gasteiger partial charge in [-0.1, -0.05) is 29.2 Å². The lowest BCUT2D eigenvalue weighted by molar-refractivity contribution is 0.320. The predicted octanol–water partition coefficient (Wildman–Crippen LogP) is 4.70. The van der Waals surface area contributed by atoms with Gasteiger partial charge in [0.05, 0.1) is 9.13 Å². The molecule has 0 unspecified atom stereocenters. The highest BCUT2D eigenvalue weighted by molar-refractivity contribution is 6.66. The van der Waals surface area contributed by atoms with Gasteiger partial charge >= 0.3 is 3.98 Å². The van der Waals surface area contributed by atoms with Crippen LogP contribution in [0.4, 0.5) is 0 Å². The molecule has 0 N–H and O–H groups in total. The van der Waals surface area contributed by atoms with Crippen LogP contribution in [0.25, 0.3) is 0 Å². The molecule has 1 aromatic carbocycles. The monoisotopic (exact) mass is 281 g/mol. The molecule has 0 heterocycles. The number of hydrogen-bond donors (Lipinski definition) is 0. The fraction of sp³-hybridized carbons (Fsp3) is 0.143. The highest BCUT2D eigenvalue weighted by atomic mass is 35.6. The van der Waals surface area contributed by atoms with E-state index in [-0.39, 0.29) is 21.8 Å². The Morgan fingerprint density at radius 1 is 1.23 bits per heavy atom. The molecule has 72 valence electrons. The molecule has 0 spiro atoms. The van der Waals surface area contributed by atoms with Crippen molar-refractivity contribution in [3.8, 4) is 5.75 Å². The molecule has 0 aromatic heterocycles. The standard InChI is InChI=1S/C7H3Cl5O/c8-4-2-1-3-5(6(4)9)13-7(10,11)12/h1-3H/i1D,2D,3D. The normalized spacial score (nSPS) is 14.7. The number of benzene rings is 1. The first-order chi connectivity index (χ1) is 7.15. The van der Waals surface area contributed by atoms with E-state index < -0.39 is 16.1 Å². The molecular weight excluding hydrogens is 277 g/mol. The number of hydrogen-bond acceptors (Lipinski definition) is 1. The topological polar surface area (TPSA) is 9.23 Å². The molecular formula is C7H3Cl5O. The molecule has 0 aliphatic rings. The number of alkyl halides is 3. The molecule has 6 heteroatoms. The molecule has 0 amide bonds. The second kappa shape index (κ2) is 4.33. The van der Waals surface area contributed by atoms with Crippen molar-refractivity contribution in [2.24, 2.45) is 0 Å². The zero-order chi connectivity index (χ0) is 12.7. The van der Waals surface area contributed by atoms with E-state index in [0.717, 1.165) is 0 Å². The van der Waals surface area contributed by atoms with E-state index in [2.05, 4.69) is 0 Å². The second-order valence-electron chi connectivity index (χ2n) is 1.88. The summed E-state index contributed by atoms with van der Waals surface area (Å²) in [6.07, 6.45) is 0. The number of ether oxygens (including phenoxy) is 1. The average Bonchev–Trinajstić information content (AvgIpc) is 2.17. The third kappa shape index (κ3) is 3.61. The van der Waals surface area contributed by atoms with Gasteiger partial charge in [0.1, 0.15) is 10.8 Å². The van der Waals surface area contributed by atoms with Crippen molar-refractivity contribution in [3.05, 3.63) is 28.2 Å². The lowest BCUT2D eigenvalue weighted by Gasteiger charge is -2.14. The van der Waals surface area contributed by atoms with Crippen molar-refractivity contribution in [1.29, 1.82) is 0 Å². The molecule has 0 radical (unpaired) electrons. The molecule has 0 atom stereocenters. The quantitative estimate of drug-likeness (QED) is 0.679. The zero-order valence-corrected chi connectivity index (χ0v) is 9.58. The maximum atomic E-state index is 7.50. The average molecular weight is 283 g/mol.